The number of carbonyl (C=O) groups excluding carboxylic acids is 2. The normalized spacial score (nSPS) is 10.6. The van der Waals surface area contributed by atoms with Gasteiger partial charge in [-0.1, -0.05) is 53.3 Å². The summed E-state index contributed by atoms with van der Waals surface area (Å²) in [5.74, 6) is -0.189. The minimum Gasteiger partial charge on any atom is -0.427 e. The number of rotatable bonds is 6. The zero-order valence-corrected chi connectivity index (χ0v) is 17.3. The Morgan fingerprint density at radius 2 is 1.79 bits per heavy atom. The fourth-order valence-electron chi connectivity index (χ4n) is 2.97. The second-order valence-corrected chi connectivity index (χ2v) is 7.74. The molecule has 0 radical (unpaired) electrons. The van der Waals surface area contributed by atoms with Crippen molar-refractivity contribution in [3.05, 3.63) is 85.5 Å². The summed E-state index contributed by atoms with van der Waals surface area (Å²) in [6.07, 6.45) is 0. The SMILES string of the molecule is CC(=O)Oc1ccc(Cn2c(C)c(C(=O)NCc3cccc(C)c3)sc2=O)cc1. The van der Waals surface area contributed by atoms with Crippen LogP contribution in [-0.4, -0.2) is 16.4 Å². The first-order chi connectivity index (χ1) is 13.8. The van der Waals surface area contributed by atoms with Crippen molar-refractivity contribution in [3.8, 4) is 5.75 Å². The average Bonchev–Trinajstić information content (AvgIpc) is 2.95. The van der Waals surface area contributed by atoms with E-state index < -0.39 is 0 Å². The molecule has 0 aliphatic heterocycles. The van der Waals surface area contributed by atoms with E-state index in [0.717, 1.165) is 28.0 Å². The number of nitrogens with zero attached hydrogens (tertiary/aromatic N) is 1. The van der Waals surface area contributed by atoms with E-state index in [1.807, 2.05) is 31.2 Å². The zero-order chi connectivity index (χ0) is 21.0. The van der Waals surface area contributed by atoms with Gasteiger partial charge < -0.3 is 10.1 Å². The summed E-state index contributed by atoms with van der Waals surface area (Å²) in [5, 5.41) is 2.88. The van der Waals surface area contributed by atoms with Gasteiger partial charge >= 0.3 is 10.8 Å². The van der Waals surface area contributed by atoms with Crippen LogP contribution in [-0.2, 0) is 17.9 Å². The lowest BCUT2D eigenvalue weighted by Gasteiger charge is -2.08. The van der Waals surface area contributed by atoms with Crippen molar-refractivity contribution in [2.45, 2.75) is 33.9 Å². The molecule has 0 atom stereocenters. The van der Waals surface area contributed by atoms with Crippen molar-refractivity contribution >= 4 is 23.2 Å². The maximum Gasteiger partial charge on any atom is 0.308 e. The van der Waals surface area contributed by atoms with Gasteiger partial charge in [-0.15, -0.1) is 0 Å². The van der Waals surface area contributed by atoms with Crippen LogP contribution < -0.4 is 14.9 Å². The molecular weight excluding hydrogens is 388 g/mol. The van der Waals surface area contributed by atoms with Crippen LogP contribution in [0, 0.1) is 13.8 Å². The van der Waals surface area contributed by atoms with E-state index in [1.54, 1.807) is 35.8 Å². The minimum atomic E-state index is -0.385. The van der Waals surface area contributed by atoms with Gasteiger partial charge in [0.2, 0.25) is 0 Å². The Bertz CT molecular complexity index is 1100. The highest BCUT2D eigenvalue weighted by Gasteiger charge is 2.17. The second kappa shape index (κ2) is 8.87. The molecule has 0 saturated carbocycles. The van der Waals surface area contributed by atoms with E-state index >= 15 is 0 Å². The van der Waals surface area contributed by atoms with Crippen molar-refractivity contribution in [1.82, 2.24) is 9.88 Å². The van der Waals surface area contributed by atoms with Crippen LogP contribution in [0.2, 0.25) is 0 Å². The highest BCUT2D eigenvalue weighted by molar-refractivity contribution is 7.11. The lowest BCUT2D eigenvalue weighted by molar-refractivity contribution is -0.131. The number of benzene rings is 2. The van der Waals surface area contributed by atoms with Gasteiger partial charge in [0.25, 0.3) is 5.91 Å². The van der Waals surface area contributed by atoms with Crippen molar-refractivity contribution in [2.75, 3.05) is 0 Å². The summed E-state index contributed by atoms with van der Waals surface area (Å²) in [7, 11) is 0. The number of hydrogen-bond donors (Lipinski definition) is 1. The Morgan fingerprint density at radius 1 is 1.07 bits per heavy atom. The predicted octanol–water partition coefficient (Wildman–Crippen LogP) is 3.43. The first-order valence-corrected chi connectivity index (χ1v) is 9.96. The maximum absolute atomic E-state index is 12.6. The Morgan fingerprint density at radius 3 is 2.45 bits per heavy atom. The van der Waals surface area contributed by atoms with Crippen LogP contribution in [0.4, 0.5) is 0 Å². The van der Waals surface area contributed by atoms with Crippen LogP contribution in [0.5, 0.6) is 5.75 Å². The van der Waals surface area contributed by atoms with Gasteiger partial charge in [0.15, 0.2) is 0 Å². The molecule has 1 aromatic heterocycles. The molecule has 1 N–H and O–H groups in total. The number of thiazole rings is 1. The first kappa shape index (κ1) is 20.5. The summed E-state index contributed by atoms with van der Waals surface area (Å²) in [5.41, 5.74) is 3.64. The lowest BCUT2D eigenvalue weighted by atomic mass is 10.1. The molecule has 3 rings (SSSR count). The number of hydrogen-bond acceptors (Lipinski definition) is 5. The number of carbonyl (C=O) groups is 2. The van der Waals surface area contributed by atoms with Crippen molar-refractivity contribution < 1.29 is 14.3 Å². The van der Waals surface area contributed by atoms with E-state index in [0.29, 0.717) is 29.4 Å². The molecule has 1 amide bonds. The molecule has 0 aliphatic carbocycles. The molecule has 0 spiro atoms. The van der Waals surface area contributed by atoms with Crippen LogP contribution in [0.3, 0.4) is 0 Å². The number of aromatic nitrogens is 1. The van der Waals surface area contributed by atoms with Gasteiger partial charge in [0, 0.05) is 19.2 Å². The van der Waals surface area contributed by atoms with Crippen molar-refractivity contribution in [1.29, 1.82) is 0 Å². The van der Waals surface area contributed by atoms with Gasteiger partial charge in [-0.3, -0.25) is 19.0 Å². The molecule has 29 heavy (non-hydrogen) atoms. The van der Waals surface area contributed by atoms with E-state index in [9.17, 15) is 14.4 Å². The molecule has 3 aromatic rings. The number of nitrogens with one attached hydrogen (secondary N) is 1. The Labute approximate surface area is 172 Å². The van der Waals surface area contributed by atoms with Gasteiger partial charge in [-0.25, -0.2) is 0 Å². The summed E-state index contributed by atoms with van der Waals surface area (Å²) < 4.78 is 6.59. The summed E-state index contributed by atoms with van der Waals surface area (Å²) in [6.45, 7) is 5.86. The zero-order valence-electron chi connectivity index (χ0n) is 16.5. The molecule has 0 bridgehead atoms. The fraction of sp³-hybridized carbons (Fsp3) is 0.227. The number of ether oxygens (including phenoxy) is 1. The summed E-state index contributed by atoms with van der Waals surface area (Å²) in [6, 6.07) is 14.9. The Kier molecular flexibility index (Phi) is 6.29. The summed E-state index contributed by atoms with van der Waals surface area (Å²) in [4.78, 5) is 36.3. The maximum atomic E-state index is 12.6. The second-order valence-electron chi connectivity index (χ2n) is 6.78. The smallest absolute Gasteiger partial charge is 0.308 e. The van der Waals surface area contributed by atoms with E-state index in [-0.39, 0.29) is 16.7 Å². The standard InChI is InChI=1S/C22H22N2O4S/c1-14-5-4-6-18(11-14)12-23-21(26)20-15(2)24(22(27)29-20)13-17-7-9-19(10-8-17)28-16(3)25/h4-11H,12-13H2,1-3H3,(H,23,26). The van der Waals surface area contributed by atoms with Crippen LogP contribution in [0.25, 0.3) is 0 Å². The van der Waals surface area contributed by atoms with Crippen LogP contribution >= 0.6 is 11.3 Å². The summed E-state index contributed by atoms with van der Waals surface area (Å²) >= 11 is 0.944. The molecule has 0 fully saturated rings. The number of esters is 1. The largest absolute Gasteiger partial charge is 0.427 e. The molecule has 150 valence electrons. The van der Waals surface area contributed by atoms with Gasteiger partial charge in [0.05, 0.1) is 6.54 Å². The lowest BCUT2D eigenvalue weighted by Crippen LogP contribution is -2.23. The molecule has 7 heteroatoms. The average molecular weight is 410 g/mol. The molecule has 0 unspecified atom stereocenters. The minimum absolute atomic E-state index is 0.188. The van der Waals surface area contributed by atoms with Gasteiger partial charge in [-0.05, 0) is 37.1 Å². The molecule has 1 heterocycles. The topological polar surface area (TPSA) is 77.4 Å². The molecule has 2 aromatic carbocycles. The molecule has 0 saturated heterocycles. The first-order valence-electron chi connectivity index (χ1n) is 9.15. The van der Waals surface area contributed by atoms with E-state index in [4.69, 9.17) is 4.74 Å². The highest BCUT2D eigenvalue weighted by atomic mass is 32.1. The van der Waals surface area contributed by atoms with E-state index in [2.05, 4.69) is 5.32 Å². The third-order valence-electron chi connectivity index (χ3n) is 4.41. The quantitative estimate of drug-likeness (QED) is 0.499. The Balaban J connectivity index is 1.71. The fourth-order valence-corrected chi connectivity index (χ4v) is 3.87. The van der Waals surface area contributed by atoms with Crippen LogP contribution in [0.15, 0.2) is 53.3 Å². The highest BCUT2D eigenvalue weighted by Crippen LogP contribution is 2.17. The van der Waals surface area contributed by atoms with Crippen LogP contribution in [0.1, 0.15) is 39.0 Å². The number of amides is 1. The third kappa shape index (κ3) is 5.20. The third-order valence-corrected chi connectivity index (χ3v) is 5.49. The molecule has 6 nitrogen and oxygen atoms in total. The number of aryl methyl sites for hydroxylation is 1. The molecule has 0 aliphatic rings. The molecular formula is C22H22N2O4S. The van der Waals surface area contributed by atoms with Gasteiger partial charge in [0.1, 0.15) is 10.6 Å². The van der Waals surface area contributed by atoms with E-state index in [1.165, 1.54) is 6.92 Å². The van der Waals surface area contributed by atoms with Crippen molar-refractivity contribution in [2.24, 2.45) is 0 Å². The van der Waals surface area contributed by atoms with Gasteiger partial charge in [-0.2, -0.15) is 0 Å². The monoisotopic (exact) mass is 410 g/mol. The van der Waals surface area contributed by atoms with Crippen molar-refractivity contribution in [3.63, 3.8) is 0 Å². The predicted molar refractivity (Wildman–Crippen MR) is 113 cm³/mol. The Hall–Kier alpha value is -3.19.